The molecule has 0 aliphatic heterocycles. The first kappa shape index (κ1) is 12.2. The van der Waals surface area contributed by atoms with Crippen LogP contribution in [0.3, 0.4) is 0 Å². The molecular formula is C11H16N6O. The first-order chi connectivity index (χ1) is 8.60. The Kier molecular flexibility index (Phi) is 3.31. The van der Waals surface area contributed by atoms with Gasteiger partial charge < -0.3 is 20.9 Å². The molecule has 0 fully saturated rings. The lowest BCUT2D eigenvalue weighted by atomic mass is 10.2. The molecule has 2 aromatic heterocycles. The van der Waals surface area contributed by atoms with E-state index < -0.39 is 0 Å². The highest BCUT2D eigenvalue weighted by Gasteiger charge is 2.09. The lowest BCUT2D eigenvalue weighted by Crippen LogP contribution is -2.07. The van der Waals surface area contributed by atoms with Gasteiger partial charge in [-0.05, 0) is 13.8 Å². The monoisotopic (exact) mass is 248 g/mol. The second kappa shape index (κ2) is 4.91. The van der Waals surface area contributed by atoms with Crippen molar-refractivity contribution < 1.29 is 4.52 Å². The molecule has 7 heteroatoms. The van der Waals surface area contributed by atoms with E-state index >= 15 is 0 Å². The quantitative estimate of drug-likeness (QED) is 0.749. The summed E-state index contributed by atoms with van der Waals surface area (Å²) in [5, 5.41) is 9.99. The van der Waals surface area contributed by atoms with Gasteiger partial charge >= 0.3 is 0 Å². The third-order valence-electron chi connectivity index (χ3n) is 2.63. The van der Waals surface area contributed by atoms with E-state index in [1.807, 2.05) is 13.8 Å². The number of aromatic nitrogens is 3. The second-order valence-corrected chi connectivity index (χ2v) is 3.90. The SMILES string of the molecule is CNc1cc(NCc2c(C)noc2C)nc(N)n1. The van der Waals surface area contributed by atoms with Gasteiger partial charge in [0.1, 0.15) is 17.4 Å². The molecule has 7 nitrogen and oxygen atoms in total. The largest absolute Gasteiger partial charge is 0.373 e. The molecule has 0 atom stereocenters. The van der Waals surface area contributed by atoms with Crippen LogP contribution in [0.25, 0.3) is 0 Å². The van der Waals surface area contributed by atoms with E-state index in [0.29, 0.717) is 18.2 Å². The van der Waals surface area contributed by atoms with Crippen molar-refractivity contribution in [2.75, 3.05) is 23.4 Å². The molecular weight excluding hydrogens is 232 g/mol. The van der Waals surface area contributed by atoms with E-state index in [4.69, 9.17) is 10.3 Å². The van der Waals surface area contributed by atoms with E-state index in [1.54, 1.807) is 13.1 Å². The summed E-state index contributed by atoms with van der Waals surface area (Å²) in [5.41, 5.74) is 7.51. The van der Waals surface area contributed by atoms with Gasteiger partial charge in [0, 0.05) is 25.2 Å². The van der Waals surface area contributed by atoms with E-state index in [2.05, 4.69) is 25.8 Å². The van der Waals surface area contributed by atoms with Crippen molar-refractivity contribution in [1.29, 1.82) is 0 Å². The lowest BCUT2D eigenvalue weighted by Gasteiger charge is -2.07. The van der Waals surface area contributed by atoms with Crippen LogP contribution in [-0.4, -0.2) is 22.2 Å². The van der Waals surface area contributed by atoms with Crippen molar-refractivity contribution in [2.24, 2.45) is 0 Å². The number of nitrogens with zero attached hydrogens (tertiary/aromatic N) is 3. The molecule has 0 saturated heterocycles. The molecule has 96 valence electrons. The average Bonchev–Trinajstić information content (AvgIpc) is 2.66. The first-order valence-corrected chi connectivity index (χ1v) is 5.58. The molecule has 0 aliphatic rings. The molecule has 0 aliphatic carbocycles. The van der Waals surface area contributed by atoms with Gasteiger partial charge in [-0.1, -0.05) is 5.16 Å². The topological polar surface area (TPSA) is 102 Å². The molecule has 0 amide bonds. The van der Waals surface area contributed by atoms with Crippen molar-refractivity contribution in [3.63, 3.8) is 0 Å². The maximum atomic E-state index is 5.61. The fraction of sp³-hybridized carbons (Fsp3) is 0.364. The van der Waals surface area contributed by atoms with Crippen LogP contribution in [0.15, 0.2) is 10.6 Å². The van der Waals surface area contributed by atoms with Crippen LogP contribution in [0.2, 0.25) is 0 Å². The molecule has 0 spiro atoms. The molecule has 0 aromatic carbocycles. The zero-order valence-electron chi connectivity index (χ0n) is 10.6. The van der Waals surface area contributed by atoms with Crippen molar-refractivity contribution in [1.82, 2.24) is 15.1 Å². The van der Waals surface area contributed by atoms with Crippen LogP contribution in [0.1, 0.15) is 17.0 Å². The van der Waals surface area contributed by atoms with Gasteiger partial charge in [0.2, 0.25) is 5.95 Å². The minimum atomic E-state index is 0.225. The number of aryl methyl sites for hydroxylation is 2. The fourth-order valence-electron chi connectivity index (χ4n) is 1.62. The minimum Gasteiger partial charge on any atom is -0.373 e. The number of nitrogens with two attached hydrogens (primary N) is 1. The third-order valence-corrected chi connectivity index (χ3v) is 2.63. The van der Waals surface area contributed by atoms with Gasteiger partial charge in [-0.3, -0.25) is 0 Å². The van der Waals surface area contributed by atoms with Crippen molar-refractivity contribution in [2.45, 2.75) is 20.4 Å². The standard InChI is InChI=1S/C11H16N6O/c1-6-8(7(2)18-17-6)5-14-10-4-9(13-3)15-11(12)16-10/h4H,5H2,1-3H3,(H4,12,13,14,15,16). The molecule has 4 N–H and O–H groups in total. The summed E-state index contributed by atoms with van der Waals surface area (Å²) in [6.07, 6.45) is 0. The summed E-state index contributed by atoms with van der Waals surface area (Å²) in [7, 11) is 1.78. The molecule has 0 radical (unpaired) electrons. The average molecular weight is 248 g/mol. The number of rotatable bonds is 4. The number of nitrogen functional groups attached to an aromatic ring is 1. The Morgan fingerprint density at radius 2 is 2.00 bits per heavy atom. The summed E-state index contributed by atoms with van der Waals surface area (Å²) in [4.78, 5) is 8.12. The Hall–Kier alpha value is -2.31. The van der Waals surface area contributed by atoms with Crippen LogP contribution in [0.5, 0.6) is 0 Å². The highest BCUT2D eigenvalue weighted by atomic mass is 16.5. The zero-order valence-corrected chi connectivity index (χ0v) is 10.6. The number of hydrogen-bond donors (Lipinski definition) is 3. The summed E-state index contributed by atoms with van der Waals surface area (Å²) in [5.74, 6) is 2.36. The van der Waals surface area contributed by atoms with Gasteiger partial charge in [-0.2, -0.15) is 9.97 Å². The van der Waals surface area contributed by atoms with Crippen LogP contribution < -0.4 is 16.4 Å². The lowest BCUT2D eigenvalue weighted by molar-refractivity contribution is 0.392. The predicted octanol–water partition coefficient (Wildman–Crippen LogP) is 1.32. The number of anilines is 3. The molecule has 0 unspecified atom stereocenters. The van der Waals surface area contributed by atoms with Crippen LogP contribution >= 0.6 is 0 Å². The van der Waals surface area contributed by atoms with Gasteiger partial charge in [0.15, 0.2) is 0 Å². The highest BCUT2D eigenvalue weighted by molar-refractivity contribution is 5.51. The van der Waals surface area contributed by atoms with Crippen LogP contribution in [0.4, 0.5) is 17.6 Å². The highest BCUT2D eigenvalue weighted by Crippen LogP contribution is 2.16. The minimum absolute atomic E-state index is 0.225. The summed E-state index contributed by atoms with van der Waals surface area (Å²) in [6, 6.07) is 1.79. The Balaban J connectivity index is 2.13. The predicted molar refractivity (Wildman–Crippen MR) is 69.3 cm³/mol. The van der Waals surface area contributed by atoms with Crippen LogP contribution in [-0.2, 0) is 6.54 Å². The van der Waals surface area contributed by atoms with Crippen molar-refractivity contribution in [3.05, 3.63) is 23.1 Å². The molecule has 18 heavy (non-hydrogen) atoms. The summed E-state index contributed by atoms with van der Waals surface area (Å²) in [6.45, 7) is 4.37. The molecule has 2 rings (SSSR count). The third kappa shape index (κ3) is 2.50. The smallest absolute Gasteiger partial charge is 0.223 e. The van der Waals surface area contributed by atoms with E-state index in [9.17, 15) is 0 Å². The Bertz CT molecular complexity index is 531. The number of hydrogen-bond acceptors (Lipinski definition) is 7. The Labute approximate surface area is 105 Å². The molecule has 2 heterocycles. The van der Waals surface area contributed by atoms with Gasteiger partial charge in [-0.25, -0.2) is 0 Å². The maximum Gasteiger partial charge on any atom is 0.223 e. The van der Waals surface area contributed by atoms with Gasteiger partial charge in [0.05, 0.1) is 5.69 Å². The maximum absolute atomic E-state index is 5.61. The fourth-order valence-corrected chi connectivity index (χ4v) is 1.62. The van der Waals surface area contributed by atoms with Gasteiger partial charge in [-0.15, -0.1) is 0 Å². The number of nitrogens with one attached hydrogen (secondary N) is 2. The van der Waals surface area contributed by atoms with Crippen molar-refractivity contribution >= 4 is 17.6 Å². The van der Waals surface area contributed by atoms with E-state index in [-0.39, 0.29) is 5.95 Å². The molecule has 0 saturated carbocycles. The molecule has 2 aromatic rings. The second-order valence-electron chi connectivity index (χ2n) is 3.90. The summed E-state index contributed by atoms with van der Waals surface area (Å²) >= 11 is 0. The normalized spacial score (nSPS) is 10.4. The van der Waals surface area contributed by atoms with E-state index in [0.717, 1.165) is 17.0 Å². The van der Waals surface area contributed by atoms with Crippen molar-refractivity contribution in [3.8, 4) is 0 Å². The van der Waals surface area contributed by atoms with E-state index in [1.165, 1.54) is 0 Å². The zero-order chi connectivity index (χ0) is 13.1. The first-order valence-electron chi connectivity index (χ1n) is 5.58. The Morgan fingerprint density at radius 3 is 2.61 bits per heavy atom. The summed E-state index contributed by atoms with van der Waals surface area (Å²) < 4.78 is 5.09. The van der Waals surface area contributed by atoms with Crippen LogP contribution in [0, 0.1) is 13.8 Å². The van der Waals surface area contributed by atoms with Gasteiger partial charge in [0.25, 0.3) is 0 Å². The molecule has 0 bridgehead atoms. The Morgan fingerprint density at radius 1 is 1.28 bits per heavy atom.